The van der Waals surface area contributed by atoms with E-state index in [2.05, 4.69) is 10.3 Å². The van der Waals surface area contributed by atoms with Gasteiger partial charge in [0.1, 0.15) is 17.5 Å². The van der Waals surface area contributed by atoms with E-state index in [1.54, 1.807) is 6.07 Å². The molecule has 0 spiro atoms. The molecule has 1 aromatic carbocycles. The van der Waals surface area contributed by atoms with Crippen molar-refractivity contribution in [2.24, 2.45) is 0 Å². The van der Waals surface area contributed by atoms with E-state index >= 15 is 0 Å². The Labute approximate surface area is 201 Å². The third-order valence-electron chi connectivity index (χ3n) is 6.83. The van der Waals surface area contributed by atoms with Crippen LogP contribution in [0.2, 0.25) is 0 Å². The van der Waals surface area contributed by atoms with Gasteiger partial charge in [0.05, 0.1) is 25.3 Å². The van der Waals surface area contributed by atoms with Gasteiger partial charge in [0.15, 0.2) is 5.79 Å². The maximum atomic E-state index is 13.0. The van der Waals surface area contributed by atoms with Crippen molar-refractivity contribution in [2.45, 2.75) is 57.8 Å². The van der Waals surface area contributed by atoms with Gasteiger partial charge in [-0.1, -0.05) is 6.07 Å². The highest BCUT2D eigenvalue weighted by atomic mass is 16.7. The summed E-state index contributed by atoms with van der Waals surface area (Å²) in [6.45, 7) is 5.64. The minimum atomic E-state index is -1.20. The van der Waals surface area contributed by atoms with Gasteiger partial charge in [-0.15, -0.1) is 0 Å². The Morgan fingerprint density at radius 2 is 2.09 bits per heavy atom. The number of rotatable bonds is 5. The number of nitrogens with zero attached hydrogens (tertiary/aromatic N) is 2. The molecule has 2 aliphatic heterocycles. The van der Waals surface area contributed by atoms with Crippen molar-refractivity contribution in [3.63, 3.8) is 0 Å². The predicted molar refractivity (Wildman–Crippen MR) is 129 cm³/mol. The number of ether oxygens (including phenoxy) is 3. The van der Waals surface area contributed by atoms with Crippen LogP contribution in [0.15, 0.2) is 35.4 Å². The summed E-state index contributed by atoms with van der Waals surface area (Å²) in [7, 11) is 0. The highest BCUT2D eigenvalue weighted by Gasteiger charge is 2.33. The molecule has 0 bridgehead atoms. The Hall–Kier alpha value is -3.27. The molecule has 0 radical (unpaired) electrons. The largest absolute Gasteiger partial charge is 0.477 e. The summed E-state index contributed by atoms with van der Waals surface area (Å²) in [6.07, 6.45) is 5.20. The topological polar surface area (TPSA) is 112 Å². The second-order valence-electron chi connectivity index (χ2n) is 9.85. The lowest BCUT2D eigenvalue weighted by molar-refractivity contribution is -0.136. The van der Waals surface area contributed by atoms with Crippen molar-refractivity contribution in [3.05, 3.63) is 57.5 Å². The van der Waals surface area contributed by atoms with Gasteiger partial charge >= 0.3 is 5.97 Å². The average Bonchev–Trinajstić information content (AvgIpc) is 3.62. The maximum absolute atomic E-state index is 13.0. The fraction of sp³-hybridized carbons (Fsp3) is 0.423. The van der Waals surface area contributed by atoms with Crippen LogP contribution in [-0.2, 0) is 27.4 Å². The van der Waals surface area contributed by atoms with E-state index in [1.807, 2.05) is 36.7 Å². The molecule has 35 heavy (non-hydrogen) atoms. The van der Waals surface area contributed by atoms with E-state index in [-0.39, 0.29) is 17.7 Å². The van der Waals surface area contributed by atoms with Crippen LogP contribution < -0.4 is 10.7 Å². The van der Waals surface area contributed by atoms with Crippen LogP contribution in [0.4, 0.5) is 5.82 Å². The molecule has 1 aliphatic carbocycles. The lowest BCUT2D eigenvalue weighted by Crippen LogP contribution is -2.26. The number of aromatic carboxylic acids is 1. The first-order valence-electron chi connectivity index (χ1n) is 11.9. The molecule has 182 valence electrons. The fourth-order valence-electron chi connectivity index (χ4n) is 5.01. The molecular formula is C26H27N3O6. The number of hydrogen-bond acceptors (Lipinski definition) is 7. The van der Waals surface area contributed by atoms with Gasteiger partial charge in [0, 0.05) is 41.5 Å². The summed E-state index contributed by atoms with van der Waals surface area (Å²) in [5, 5.41) is 13.3. The van der Waals surface area contributed by atoms with Crippen LogP contribution in [-0.4, -0.2) is 45.7 Å². The van der Waals surface area contributed by atoms with Crippen LogP contribution in [0.3, 0.4) is 0 Å². The van der Waals surface area contributed by atoms with Crippen molar-refractivity contribution < 1.29 is 24.1 Å². The Kier molecular flexibility index (Phi) is 5.17. The quantitative estimate of drug-likeness (QED) is 0.572. The number of pyridine rings is 2. The van der Waals surface area contributed by atoms with Gasteiger partial charge < -0.3 is 29.2 Å². The second-order valence-corrected chi connectivity index (χ2v) is 9.85. The SMILES string of the molecule is CC1(C)OCC(CNc2cc3c(cn2)-c2ccc4c(=O)c(C(=O)O)cn(C5CC5)c4c2COC3)O1. The van der Waals surface area contributed by atoms with Gasteiger partial charge in [-0.3, -0.25) is 4.79 Å². The minimum absolute atomic E-state index is 0.0520. The lowest BCUT2D eigenvalue weighted by atomic mass is 9.95. The van der Waals surface area contributed by atoms with E-state index < -0.39 is 17.2 Å². The van der Waals surface area contributed by atoms with Crippen molar-refractivity contribution in [1.82, 2.24) is 9.55 Å². The van der Waals surface area contributed by atoms with Gasteiger partial charge in [0.2, 0.25) is 5.43 Å². The molecule has 1 unspecified atom stereocenters. The molecule has 1 saturated heterocycles. The molecule has 1 atom stereocenters. The molecule has 0 amide bonds. The Morgan fingerprint density at radius 3 is 2.80 bits per heavy atom. The number of benzene rings is 1. The van der Waals surface area contributed by atoms with Crippen LogP contribution >= 0.6 is 0 Å². The molecule has 3 aliphatic rings. The monoisotopic (exact) mass is 477 g/mol. The van der Waals surface area contributed by atoms with Crippen molar-refractivity contribution in [2.75, 3.05) is 18.5 Å². The average molecular weight is 478 g/mol. The molecule has 1 saturated carbocycles. The summed E-state index contributed by atoms with van der Waals surface area (Å²) < 4.78 is 19.5. The molecule has 9 heteroatoms. The zero-order valence-corrected chi connectivity index (χ0v) is 19.7. The summed E-state index contributed by atoms with van der Waals surface area (Å²) in [5.41, 5.74) is 3.89. The normalized spacial score (nSPS) is 20.8. The summed E-state index contributed by atoms with van der Waals surface area (Å²) >= 11 is 0. The Bertz CT molecular complexity index is 1410. The van der Waals surface area contributed by atoms with Gasteiger partial charge in [-0.2, -0.15) is 0 Å². The van der Waals surface area contributed by atoms with Crippen LogP contribution in [0.5, 0.6) is 0 Å². The second kappa shape index (κ2) is 8.15. The van der Waals surface area contributed by atoms with Crippen LogP contribution in [0.1, 0.15) is 54.2 Å². The highest BCUT2D eigenvalue weighted by Crippen LogP contribution is 2.41. The summed E-state index contributed by atoms with van der Waals surface area (Å²) in [4.78, 5) is 29.3. The van der Waals surface area contributed by atoms with Gasteiger partial charge in [-0.05, 0) is 49.9 Å². The number of fused-ring (bicyclic) bond motifs is 5. The zero-order valence-electron chi connectivity index (χ0n) is 19.7. The predicted octanol–water partition coefficient (Wildman–Crippen LogP) is 3.69. The molecule has 9 nitrogen and oxygen atoms in total. The number of carbonyl (C=O) groups is 1. The zero-order chi connectivity index (χ0) is 24.3. The van der Waals surface area contributed by atoms with Gasteiger partial charge in [-0.25, -0.2) is 9.78 Å². The van der Waals surface area contributed by atoms with Gasteiger partial charge in [0.25, 0.3) is 0 Å². The molecule has 6 rings (SSSR count). The summed E-state index contributed by atoms with van der Waals surface area (Å²) in [5.74, 6) is -1.04. The Morgan fingerprint density at radius 1 is 1.26 bits per heavy atom. The number of aromatic nitrogens is 2. The van der Waals surface area contributed by atoms with E-state index in [0.717, 1.165) is 46.4 Å². The van der Waals surface area contributed by atoms with E-state index in [0.29, 0.717) is 31.8 Å². The molecule has 2 N–H and O–H groups in total. The first-order valence-corrected chi connectivity index (χ1v) is 11.9. The lowest BCUT2D eigenvalue weighted by Gasteiger charge is -2.18. The smallest absolute Gasteiger partial charge is 0.341 e. The minimum Gasteiger partial charge on any atom is -0.477 e. The molecule has 2 aromatic heterocycles. The molecule has 2 fully saturated rings. The van der Waals surface area contributed by atoms with E-state index in [4.69, 9.17) is 14.2 Å². The standard InChI is InChI=1S/C26H27N3O6/c1-26(2)34-12-16(35-26)8-27-22-7-14-11-33-13-21-17(19(14)9-28-22)5-6-18-23(21)29(15-3-4-15)10-20(24(18)30)25(31)32/h5-7,9-10,15-16H,3-4,8,11-13H2,1-2H3,(H,27,28)(H,31,32). The fourth-order valence-corrected chi connectivity index (χ4v) is 5.01. The number of hydrogen-bond donors (Lipinski definition) is 2. The van der Waals surface area contributed by atoms with Crippen molar-refractivity contribution in [3.8, 4) is 11.1 Å². The van der Waals surface area contributed by atoms with Crippen molar-refractivity contribution >= 4 is 22.7 Å². The number of carboxylic acids is 1. The highest BCUT2D eigenvalue weighted by molar-refractivity contribution is 5.96. The van der Waals surface area contributed by atoms with E-state index in [1.165, 1.54) is 6.20 Å². The Balaban J connectivity index is 1.39. The maximum Gasteiger partial charge on any atom is 0.341 e. The number of anilines is 1. The number of nitrogens with one attached hydrogen (secondary N) is 1. The van der Waals surface area contributed by atoms with E-state index in [9.17, 15) is 14.7 Å². The molecule has 4 heterocycles. The summed E-state index contributed by atoms with van der Waals surface area (Å²) in [6, 6.07) is 5.80. The molecular weight excluding hydrogens is 450 g/mol. The van der Waals surface area contributed by atoms with Crippen molar-refractivity contribution in [1.29, 1.82) is 0 Å². The third kappa shape index (κ3) is 3.99. The van der Waals surface area contributed by atoms with Crippen LogP contribution in [0.25, 0.3) is 22.0 Å². The first-order chi connectivity index (χ1) is 16.8. The number of carboxylic acid groups (broad SMARTS) is 1. The third-order valence-corrected chi connectivity index (χ3v) is 6.83. The van der Waals surface area contributed by atoms with Crippen LogP contribution in [0, 0.1) is 0 Å². The first kappa shape index (κ1) is 22.2. The molecule has 3 aromatic rings.